The summed E-state index contributed by atoms with van der Waals surface area (Å²) in [5.74, 6) is 0.258. The SMILES string of the molecule is NC(=O)c1ccc(N)c(N2CCCC(CO)C2)n1. The number of nitrogens with zero attached hydrogens (tertiary/aromatic N) is 2. The van der Waals surface area contributed by atoms with Gasteiger partial charge in [0.05, 0.1) is 5.69 Å². The zero-order valence-electron chi connectivity index (χ0n) is 10.2. The van der Waals surface area contributed by atoms with Crippen molar-refractivity contribution in [1.29, 1.82) is 0 Å². The van der Waals surface area contributed by atoms with E-state index in [1.54, 1.807) is 6.07 Å². The van der Waals surface area contributed by atoms with Crippen molar-refractivity contribution in [2.75, 3.05) is 30.3 Å². The molecule has 0 saturated carbocycles. The molecule has 1 aromatic heterocycles. The molecule has 5 N–H and O–H groups in total. The van der Waals surface area contributed by atoms with Crippen LogP contribution >= 0.6 is 0 Å². The summed E-state index contributed by atoms with van der Waals surface area (Å²) in [6, 6.07) is 3.17. The van der Waals surface area contributed by atoms with Crippen molar-refractivity contribution >= 4 is 17.4 Å². The van der Waals surface area contributed by atoms with Gasteiger partial charge in [-0.3, -0.25) is 4.79 Å². The predicted molar refractivity (Wildman–Crippen MR) is 69.2 cm³/mol. The molecule has 1 aromatic rings. The molecular weight excluding hydrogens is 232 g/mol. The van der Waals surface area contributed by atoms with Gasteiger partial charge in [-0.15, -0.1) is 0 Å². The summed E-state index contributed by atoms with van der Waals surface area (Å²) >= 11 is 0. The van der Waals surface area contributed by atoms with Crippen molar-refractivity contribution in [1.82, 2.24) is 4.98 Å². The lowest BCUT2D eigenvalue weighted by molar-refractivity contribution is 0.0995. The topological polar surface area (TPSA) is 105 Å². The van der Waals surface area contributed by atoms with Crippen LogP contribution in [0.3, 0.4) is 0 Å². The Morgan fingerprint density at radius 3 is 3.00 bits per heavy atom. The van der Waals surface area contributed by atoms with Crippen molar-refractivity contribution in [3.05, 3.63) is 17.8 Å². The second-order valence-corrected chi connectivity index (χ2v) is 4.61. The Hall–Kier alpha value is -1.82. The van der Waals surface area contributed by atoms with Crippen LogP contribution in [0.4, 0.5) is 11.5 Å². The summed E-state index contributed by atoms with van der Waals surface area (Å²) < 4.78 is 0. The number of hydrogen-bond donors (Lipinski definition) is 3. The van der Waals surface area contributed by atoms with E-state index in [-0.39, 0.29) is 18.2 Å². The molecule has 1 amide bonds. The highest BCUT2D eigenvalue weighted by Crippen LogP contribution is 2.26. The van der Waals surface area contributed by atoms with Crippen LogP contribution in [0, 0.1) is 5.92 Å². The zero-order chi connectivity index (χ0) is 13.1. The number of anilines is 2. The standard InChI is InChI=1S/C12H18N4O2/c13-9-3-4-10(11(14)18)15-12(9)16-5-1-2-8(6-16)7-17/h3-4,8,17H,1-2,5-7,13H2,(H2,14,18). The fourth-order valence-electron chi connectivity index (χ4n) is 2.26. The van der Waals surface area contributed by atoms with E-state index in [1.807, 2.05) is 4.90 Å². The fraction of sp³-hybridized carbons (Fsp3) is 0.500. The van der Waals surface area contributed by atoms with Crippen molar-refractivity contribution < 1.29 is 9.90 Å². The third-order valence-corrected chi connectivity index (χ3v) is 3.23. The summed E-state index contributed by atoms with van der Waals surface area (Å²) in [7, 11) is 0. The number of piperidine rings is 1. The van der Waals surface area contributed by atoms with Crippen molar-refractivity contribution in [3.63, 3.8) is 0 Å². The smallest absolute Gasteiger partial charge is 0.267 e. The first kappa shape index (κ1) is 12.6. The molecule has 6 heteroatoms. The lowest BCUT2D eigenvalue weighted by Gasteiger charge is -2.33. The number of nitrogen functional groups attached to an aromatic ring is 1. The molecule has 2 heterocycles. The molecule has 18 heavy (non-hydrogen) atoms. The number of hydrogen-bond acceptors (Lipinski definition) is 5. The first-order chi connectivity index (χ1) is 8.61. The van der Waals surface area contributed by atoms with Crippen LogP contribution in [-0.4, -0.2) is 35.7 Å². The predicted octanol–water partition coefficient (Wildman–Crippen LogP) is -0.0286. The maximum absolute atomic E-state index is 11.1. The van der Waals surface area contributed by atoms with Crippen LogP contribution in [0.1, 0.15) is 23.3 Å². The number of aliphatic hydroxyl groups excluding tert-OH is 1. The van der Waals surface area contributed by atoms with Gasteiger partial charge >= 0.3 is 0 Å². The minimum absolute atomic E-state index is 0.159. The number of aliphatic hydroxyl groups is 1. The molecule has 0 bridgehead atoms. The number of primary amides is 1. The monoisotopic (exact) mass is 250 g/mol. The third kappa shape index (κ3) is 2.53. The van der Waals surface area contributed by atoms with Gasteiger partial charge in [0.15, 0.2) is 5.82 Å². The molecule has 6 nitrogen and oxygen atoms in total. The fourth-order valence-corrected chi connectivity index (χ4v) is 2.26. The Morgan fingerprint density at radius 2 is 2.33 bits per heavy atom. The Morgan fingerprint density at radius 1 is 1.56 bits per heavy atom. The normalized spacial score (nSPS) is 19.8. The molecule has 0 spiro atoms. The number of amides is 1. The van der Waals surface area contributed by atoms with Gasteiger partial charge in [-0.1, -0.05) is 0 Å². The van der Waals surface area contributed by atoms with Gasteiger partial charge in [-0.2, -0.15) is 0 Å². The van der Waals surface area contributed by atoms with Gasteiger partial charge in [0.2, 0.25) is 0 Å². The molecule has 1 unspecified atom stereocenters. The molecule has 0 aromatic carbocycles. The number of rotatable bonds is 3. The molecule has 1 aliphatic rings. The van der Waals surface area contributed by atoms with Gasteiger partial charge in [0.1, 0.15) is 5.69 Å². The number of carbonyl (C=O) groups is 1. The summed E-state index contributed by atoms with van der Waals surface area (Å²) in [4.78, 5) is 17.3. The second-order valence-electron chi connectivity index (χ2n) is 4.61. The molecule has 0 radical (unpaired) electrons. The molecule has 0 aliphatic carbocycles. The van der Waals surface area contributed by atoms with Gasteiger partial charge in [-0.25, -0.2) is 4.98 Å². The van der Waals surface area contributed by atoms with Crippen LogP contribution in [-0.2, 0) is 0 Å². The molecule has 1 atom stereocenters. The molecule has 98 valence electrons. The van der Waals surface area contributed by atoms with Crippen LogP contribution in [0.5, 0.6) is 0 Å². The first-order valence-corrected chi connectivity index (χ1v) is 6.04. The average Bonchev–Trinajstić information content (AvgIpc) is 2.39. The Kier molecular flexibility index (Phi) is 3.66. The highest BCUT2D eigenvalue weighted by atomic mass is 16.3. The lowest BCUT2D eigenvalue weighted by atomic mass is 9.99. The van der Waals surface area contributed by atoms with E-state index in [9.17, 15) is 9.90 Å². The van der Waals surface area contributed by atoms with E-state index < -0.39 is 5.91 Å². The minimum atomic E-state index is -0.563. The van der Waals surface area contributed by atoms with Crippen molar-refractivity contribution in [2.45, 2.75) is 12.8 Å². The van der Waals surface area contributed by atoms with Gasteiger partial charge in [0, 0.05) is 19.7 Å². The quantitative estimate of drug-likeness (QED) is 0.698. The molecular formula is C12H18N4O2. The average molecular weight is 250 g/mol. The van der Waals surface area contributed by atoms with E-state index in [2.05, 4.69) is 4.98 Å². The number of pyridine rings is 1. The third-order valence-electron chi connectivity index (χ3n) is 3.23. The first-order valence-electron chi connectivity index (χ1n) is 6.04. The van der Waals surface area contributed by atoms with E-state index in [1.165, 1.54) is 6.07 Å². The van der Waals surface area contributed by atoms with Crippen LogP contribution in [0.15, 0.2) is 12.1 Å². The second kappa shape index (κ2) is 5.22. The maximum Gasteiger partial charge on any atom is 0.267 e. The van der Waals surface area contributed by atoms with Crippen LogP contribution in [0.25, 0.3) is 0 Å². The highest BCUT2D eigenvalue weighted by Gasteiger charge is 2.22. The Labute approximate surface area is 106 Å². The van der Waals surface area contributed by atoms with E-state index in [0.717, 1.165) is 19.4 Å². The largest absolute Gasteiger partial charge is 0.396 e. The highest BCUT2D eigenvalue weighted by molar-refractivity contribution is 5.91. The number of aromatic nitrogens is 1. The number of nitrogens with two attached hydrogens (primary N) is 2. The van der Waals surface area contributed by atoms with Crippen LogP contribution in [0.2, 0.25) is 0 Å². The van der Waals surface area contributed by atoms with E-state index >= 15 is 0 Å². The van der Waals surface area contributed by atoms with Crippen molar-refractivity contribution in [2.24, 2.45) is 11.7 Å². The Bertz CT molecular complexity index is 450. The summed E-state index contributed by atoms with van der Waals surface area (Å²) in [6.45, 7) is 1.69. The van der Waals surface area contributed by atoms with Gasteiger partial charge in [0.25, 0.3) is 5.91 Å². The molecule has 2 rings (SSSR count). The van der Waals surface area contributed by atoms with Crippen molar-refractivity contribution in [3.8, 4) is 0 Å². The zero-order valence-corrected chi connectivity index (χ0v) is 10.2. The van der Waals surface area contributed by atoms with E-state index in [0.29, 0.717) is 18.1 Å². The summed E-state index contributed by atoms with van der Waals surface area (Å²) in [6.07, 6.45) is 1.98. The summed E-state index contributed by atoms with van der Waals surface area (Å²) in [5.41, 5.74) is 11.8. The van der Waals surface area contributed by atoms with Crippen LogP contribution < -0.4 is 16.4 Å². The maximum atomic E-state index is 11.1. The number of carbonyl (C=O) groups excluding carboxylic acids is 1. The molecule has 1 saturated heterocycles. The minimum Gasteiger partial charge on any atom is -0.396 e. The van der Waals surface area contributed by atoms with Gasteiger partial charge in [-0.05, 0) is 30.9 Å². The molecule has 1 aliphatic heterocycles. The van der Waals surface area contributed by atoms with E-state index in [4.69, 9.17) is 11.5 Å². The molecule has 1 fully saturated rings. The summed E-state index contributed by atoms with van der Waals surface area (Å²) in [5, 5.41) is 9.22. The Balaban J connectivity index is 2.26. The lowest BCUT2D eigenvalue weighted by Crippen LogP contribution is -2.38. The van der Waals surface area contributed by atoms with Gasteiger partial charge < -0.3 is 21.5 Å².